The van der Waals surface area contributed by atoms with Crippen molar-refractivity contribution < 1.29 is 9.18 Å². The summed E-state index contributed by atoms with van der Waals surface area (Å²) in [5, 5.41) is 5.64. The number of anilines is 2. The molecule has 0 radical (unpaired) electrons. The van der Waals surface area contributed by atoms with Gasteiger partial charge >= 0.3 is 0 Å². The van der Waals surface area contributed by atoms with Crippen LogP contribution in [0.2, 0.25) is 0 Å². The SMILES string of the molecule is CCCNc1ccc(C(=O)Nc2cc(Br)ccc2F)cn1. The van der Waals surface area contributed by atoms with Crippen LogP contribution in [0.4, 0.5) is 15.9 Å². The summed E-state index contributed by atoms with van der Waals surface area (Å²) in [6, 6.07) is 7.74. The molecule has 0 aliphatic heterocycles. The Morgan fingerprint density at radius 2 is 2.14 bits per heavy atom. The maximum atomic E-state index is 13.6. The highest BCUT2D eigenvalue weighted by Gasteiger charge is 2.10. The molecule has 0 aliphatic rings. The molecule has 2 rings (SSSR count). The van der Waals surface area contributed by atoms with Crippen LogP contribution < -0.4 is 10.6 Å². The fourth-order valence-electron chi connectivity index (χ4n) is 1.67. The first-order chi connectivity index (χ1) is 10.1. The second kappa shape index (κ2) is 7.17. The Labute approximate surface area is 130 Å². The summed E-state index contributed by atoms with van der Waals surface area (Å²) in [4.78, 5) is 16.2. The van der Waals surface area contributed by atoms with Gasteiger partial charge in [-0.15, -0.1) is 0 Å². The lowest BCUT2D eigenvalue weighted by Crippen LogP contribution is -2.13. The quantitative estimate of drug-likeness (QED) is 0.853. The Kier molecular flexibility index (Phi) is 5.27. The monoisotopic (exact) mass is 351 g/mol. The van der Waals surface area contributed by atoms with Gasteiger partial charge in [-0.2, -0.15) is 0 Å². The molecule has 1 amide bonds. The van der Waals surface area contributed by atoms with Gasteiger partial charge in [0.25, 0.3) is 5.91 Å². The van der Waals surface area contributed by atoms with Gasteiger partial charge in [0.15, 0.2) is 0 Å². The highest BCUT2D eigenvalue weighted by molar-refractivity contribution is 9.10. The molecular weight excluding hydrogens is 337 g/mol. The Morgan fingerprint density at radius 3 is 2.81 bits per heavy atom. The van der Waals surface area contributed by atoms with E-state index in [9.17, 15) is 9.18 Å². The summed E-state index contributed by atoms with van der Waals surface area (Å²) in [7, 11) is 0. The standard InChI is InChI=1S/C15H15BrFN3O/c1-2-7-18-14-6-3-10(9-19-14)15(21)20-13-8-11(16)4-5-12(13)17/h3-6,8-9H,2,7H2,1H3,(H,18,19)(H,20,21). The smallest absolute Gasteiger partial charge is 0.257 e. The first-order valence-corrected chi connectivity index (χ1v) is 7.35. The first kappa shape index (κ1) is 15.4. The van der Waals surface area contributed by atoms with E-state index in [0.717, 1.165) is 13.0 Å². The van der Waals surface area contributed by atoms with Gasteiger partial charge in [-0.05, 0) is 36.8 Å². The van der Waals surface area contributed by atoms with Crippen molar-refractivity contribution in [2.24, 2.45) is 0 Å². The van der Waals surface area contributed by atoms with E-state index in [1.807, 2.05) is 0 Å². The molecular formula is C15H15BrFN3O. The second-order valence-electron chi connectivity index (χ2n) is 4.44. The number of hydrogen-bond acceptors (Lipinski definition) is 3. The van der Waals surface area contributed by atoms with Crippen molar-refractivity contribution in [3.8, 4) is 0 Å². The molecule has 0 unspecified atom stereocenters. The number of carbonyl (C=O) groups excluding carboxylic acids is 1. The van der Waals surface area contributed by atoms with Crippen LogP contribution in [-0.2, 0) is 0 Å². The number of carbonyl (C=O) groups is 1. The highest BCUT2D eigenvalue weighted by atomic mass is 79.9. The number of benzene rings is 1. The minimum absolute atomic E-state index is 0.127. The second-order valence-corrected chi connectivity index (χ2v) is 5.35. The van der Waals surface area contributed by atoms with E-state index in [1.165, 1.54) is 18.3 Å². The Balaban J connectivity index is 2.07. The molecule has 0 atom stereocenters. The molecule has 0 fully saturated rings. The molecule has 0 spiro atoms. The molecule has 21 heavy (non-hydrogen) atoms. The first-order valence-electron chi connectivity index (χ1n) is 6.56. The van der Waals surface area contributed by atoms with Crippen molar-refractivity contribution in [2.45, 2.75) is 13.3 Å². The van der Waals surface area contributed by atoms with Crippen molar-refractivity contribution in [3.05, 3.63) is 52.4 Å². The van der Waals surface area contributed by atoms with Gasteiger partial charge in [0, 0.05) is 17.2 Å². The van der Waals surface area contributed by atoms with Gasteiger partial charge < -0.3 is 10.6 Å². The van der Waals surface area contributed by atoms with E-state index >= 15 is 0 Å². The lowest BCUT2D eigenvalue weighted by molar-refractivity contribution is 0.102. The maximum absolute atomic E-state index is 13.6. The third-order valence-electron chi connectivity index (χ3n) is 2.76. The van der Waals surface area contributed by atoms with E-state index in [1.54, 1.807) is 18.2 Å². The molecule has 0 bridgehead atoms. The minimum Gasteiger partial charge on any atom is -0.370 e. The topological polar surface area (TPSA) is 54.0 Å². The summed E-state index contributed by atoms with van der Waals surface area (Å²) in [6.07, 6.45) is 2.45. The van der Waals surface area contributed by atoms with Crippen molar-refractivity contribution in [3.63, 3.8) is 0 Å². The number of nitrogens with one attached hydrogen (secondary N) is 2. The van der Waals surface area contributed by atoms with Gasteiger partial charge in [-0.1, -0.05) is 22.9 Å². The molecule has 1 aromatic carbocycles. The van der Waals surface area contributed by atoms with Crippen LogP contribution in [0.5, 0.6) is 0 Å². The number of pyridine rings is 1. The number of halogens is 2. The predicted octanol–water partition coefficient (Wildman–Crippen LogP) is 4.06. The summed E-state index contributed by atoms with van der Waals surface area (Å²) < 4.78 is 14.3. The Morgan fingerprint density at radius 1 is 1.33 bits per heavy atom. The van der Waals surface area contributed by atoms with Crippen LogP contribution in [0.1, 0.15) is 23.7 Å². The van der Waals surface area contributed by atoms with Gasteiger partial charge in [0.05, 0.1) is 11.3 Å². The summed E-state index contributed by atoms with van der Waals surface area (Å²) in [5.41, 5.74) is 0.499. The van der Waals surface area contributed by atoms with Crippen LogP contribution in [0, 0.1) is 5.82 Å². The number of nitrogens with zero attached hydrogens (tertiary/aromatic N) is 1. The zero-order valence-corrected chi connectivity index (χ0v) is 13.1. The van der Waals surface area contributed by atoms with E-state index in [-0.39, 0.29) is 5.69 Å². The molecule has 0 saturated carbocycles. The maximum Gasteiger partial charge on any atom is 0.257 e. The molecule has 4 nitrogen and oxygen atoms in total. The van der Waals surface area contributed by atoms with Gasteiger partial charge in [0.1, 0.15) is 11.6 Å². The van der Waals surface area contributed by atoms with Crippen molar-refractivity contribution in [2.75, 3.05) is 17.2 Å². The summed E-state index contributed by atoms with van der Waals surface area (Å²) >= 11 is 3.24. The molecule has 1 heterocycles. The Hall–Kier alpha value is -1.95. The highest BCUT2D eigenvalue weighted by Crippen LogP contribution is 2.20. The van der Waals surface area contributed by atoms with Crippen LogP contribution in [-0.4, -0.2) is 17.4 Å². The third-order valence-corrected chi connectivity index (χ3v) is 3.25. The lowest BCUT2D eigenvalue weighted by Gasteiger charge is -2.08. The molecule has 110 valence electrons. The van der Waals surface area contributed by atoms with E-state index in [2.05, 4.69) is 38.5 Å². The molecule has 0 aliphatic carbocycles. The minimum atomic E-state index is -0.485. The average molecular weight is 352 g/mol. The number of amides is 1. The number of hydrogen-bond donors (Lipinski definition) is 2. The fraction of sp³-hybridized carbons (Fsp3) is 0.200. The predicted molar refractivity (Wildman–Crippen MR) is 85.1 cm³/mol. The Bertz CT molecular complexity index is 631. The van der Waals surface area contributed by atoms with Gasteiger partial charge in [0.2, 0.25) is 0 Å². The zero-order valence-electron chi connectivity index (χ0n) is 11.5. The van der Waals surface area contributed by atoms with E-state index in [4.69, 9.17) is 0 Å². The van der Waals surface area contributed by atoms with Crippen LogP contribution in [0.15, 0.2) is 41.0 Å². The molecule has 2 N–H and O–H groups in total. The zero-order chi connectivity index (χ0) is 15.2. The van der Waals surface area contributed by atoms with Crippen molar-refractivity contribution in [1.82, 2.24) is 4.98 Å². The van der Waals surface area contributed by atoms with Crippen molar-refractivity contribution in [1.29, 1.82) is 0 Å². The molecule has 2 aromatic rings. The van der Waals surface area contributed by atoms with Gasteiger partial charge in [-0.25, -0.2) is 9.37 Å². The number of aromatic nitrogens is 1. The lowest BCUT2D eigenvalue weighted by atomic mass is 10.2. The van der Waals surface area contributed by atoms with Crippen LogP contribution in [0.3, 0.4) is 0 Å². The molecule has 1 aromatic heterocycles. The van der Waals surface area contributed by atoms with Crippen LogP contribution >= 0.6 is 15.9 Å². The third kappa shape index (κ3) is 4.26. The fourth-order valence-corrected chi connectivity index (χ4v) is 2.03. The largest absolute Gasteiger partial charge is 0.370 e. The number of rotatable bonds is 5. The van der Waals surface area contributed by atoms with Gasteiger partial charge in [-0.3, -0.25) is 4.79 Å². The van der Waals surface area contributed by atoms with Crippen LogP contribution in [0.25, 0.3) is 0 Å². The summed E-state index contributed by atoms with van der Waals surface area (Å²) in [5.74, 6) is -0.177. The average Bonchev–Trinajstić information content (AvgIpc) is 2.49. The molecule has 6 heteroatoms. The van der Waals surface area contributed by atoms with E-state index < -0.39 is 11.7 Å². The van der Waals surface area contributed by atoms with E-state index in [0.29, 0.717) is 15.9 Å². The normalized spacial score (nSPS) is 10.2. The molecule has 0 saturated heterocycles. The van der Waals surface area contributed by atoms with Crippen molar-refractivity contribution >= 4 is 33.3 Å². The summed E-state index contributed by atoms with van der Waals surface area (Å²) in [6.45, 7) is 2.88.